The Bertz CT molecular complexity index is 624. The number of fused-ring (bicyclic) bond motifs is 1. The van der Waals surface area contributed by atoms with Crippen molar-refractivity contribution in [3.63, 3.8) is 0 Å². The zero-order valence-electron chi connectivity index (χ0n) is 11.6. The van der Waals surface area contributed by atoms with E-state index in [9.17, 15) is 4.79 Å². The van der Waals surface area contributed by atoms with Crippen LogP contribution in [0.4, 0.5) is 0 Å². The topological polar surface area (TPSA) is 70.1 Å². The second-order valence-corrected chi connectivity index (χ2v) is 5.09. The first-order valence-corrected chi connectivity index (χ1v) is 6.99. The van der Waals surface area contributed by atoms with E-state index in [1.807, 2.05) is 29.7 Å². The van der Waals surface area contributed by atoms with Crippen molar-refractivity contribution in [2.45, 2.75) is 25.8 Å². The summed E-state index contributed by atoms with van der Waals surface area (Å²) in [5.74, 6) is 1.76. The van der Waals surface area contributed by atoms with Crippen LogP contribution in [-0.4, -0.2) is 28.4 Å². The maximum atomic E-state index is 11.2. The van der Waals surface area contributed by atoms with Gasteiger partial charge in [0.1, 0.15) is 11.6 Å². The molecule has 20 heavy (non-hydrogen) atoms. The van der Waals surface area contributed by atoms with Crippen molar-refractivity contribution in [2.75, 3.05) is 13.0 Å². The molecule has 2 aromatic rings. The lowest BCUT2D eigenvalue weighted by molar-refractivity contribution is -0.118. The van der Waals surface area contributed by atoms with Crippen LogP contribution in [0, 0.1) is 0 Å². The summed E-state index contributed by atoms with van der Waals surface area (Å²) < 4.78 is 7.24. The summed E-state index contributed by atoms with van der Waals surface area (Å²) in [5, 5.41) is 0. The molecule has 1 amide bonds. The van der Waals surface area contributed by atoms with E-state index in [2.05, 4.69) is 4.98 Å². The first-order valence-electron chi connectivity index (χ1n) is 6.46. The van der Waals surface area contributed by atoms with E-state index in [1.54, 1.807) is 7.11 Å². The standard InChI is InChI=1S/C14H18ClN3O2/c1-9(7-13(16)19)18-12-4-3-10(20-2)8-11(12)17-14(18)5-6-15/h3-4,8-9H,5-7H2,1-2H3,(H2,16,19). The van der Waals surface area contributed by atoms with Crippen molar-refractivity contribution in [3.8, 4) is 5.75 Å². The lowest BCUT2D eigenvalue weighted by Gasteiger charge is -2.16. The number of imidazole rings is 1. The number of ether oxygens (including phenoxy) is 1. The van der Waals surface area contributed by atoms with Crippen LogP contribution in [-0.2, 0) is 11.2 Å². The van der Waals surface area contributed by atoms with Gasteiger partial charge >= 0.3 is 0 Å². The Labute approximate surface area is 122 Å². The molecule has 0 bridgehead atoms. The van der Waals surface area contributed by atoms with E-state index in [0.29, 0.717) is 12.3 Å². The minimum Gasteiger partial charge on any atom is -0.497 e. The summed E-state index contributed by atoms with van der Waals surface area (Å²) >= 11 is 5.83. The lowest BCUT2D eigenvalue weighted by Crippen LogP contribution is -2.19. The van der Waals surface area contributed by atoms with Gasteiger partial charge in [-0.1, -0.05) is 0 Å². The van der Waals surface area contributed by atoms with Gasteiger partial charge in [-0.2, -0.15) is 0 Å². The quantitative estimate of drug-likeness (QED) is 0.831. The Balaban J connectivity index is 2.53. The maximum Gasteiger partial charge on any atom is 0.219 e. The Morgan fingerprint density at radius 2 is 2.30 bits per heavy atom. The number of carbonyl (C=O) groups is 1. The Kier molecular flexibility index (Phi) is 4.49. The maximum absolute atomic E-state index is 11.2. The van der Waals surface area contributed by atoms with Gasteiger partial charge in [0, 0.05) is 30.8 Å². The Morgan fingerprint density at radius 3 is 2.90 bits per heavy atom. The average molecular weight is 296 g/mol. The molecule has 1 atom stereocenters. The van der Waals surface area contributed by atoms with Crippen LogP contribution in [0.3, 0.4) is 0 Å². The van der Waals surface area contributed by atoms with Crippen LogP contribution in [0.15, 0.2) is 18.2 Å². The van der Waals surface area contributed by atoms with E-state index < -0.39 is 0 Å². The van der Waals surface area contributed by atoms with Gasteiger partial charge in [0.15, 0.2) is 0 Å². The fourth-order valence-corrected chi connectivity index (χ4v) is 2.56. The molecule has 5 nitrogen and oxygen atoms in total. The zero-order valence-corrected chi connectivity index (χ0v) is 12.4. The first kappa shape index (κ1) is 14.7. The van der Waals surface area contributed by atoms with E-state index in [0.717, 1.165) is 22.6 Å². The summed E-state index contributed by atoms with van der Waals surface area (Å²) in [6, 6.07) is 5.64. The molecule has 1 unspecified atom stereocenters. The molecule has 108 valence electrons. The van der Waals surface area contributed by atoms with Crippen molar-refractivity contribution in [3.05, 3.63) is 24.0 Å². The van der Waals surface area contributed by atoms with Crippen molar-refractivity contribution in [2.24, 2.45) is 5.73 Å². The second-order valence-electron chi connectivity index (χ2n) is 4.71. The lowest BCUT2D eigenvalue weighted by atomic mass is 10.2. The van der Waals surface area contributed by atoms with Gasteiger partial charge in [-0.05, 0) is 19.1 Å². The SMILES string of the molecule is COc1ccc2c(c1)nc(CCCl)n2C(C)CC(N)=O. The number of halogens is 1. The normalized spacial score (nSPS) is 12.6. The van der Waals surface area contributed by atoms with Crippen molar-refractivity contribution < 1.29 is 9.53 Å². The number of carbonyl (C=O) groups excluding carboxylic acids is 1. The molecule has 1 aromatic carbocycles. The Morgan fingerprint density at radius 1 is 1.55 bits per heavy atom. The third-order valence-corrected chi connectivity index (χ3v) is 3.41. The highest BCUT2D eigenvalue weighted by Gasteiger charge is 2.17. The van der Waals surface area contributed by atoms with E-state index in [4.69, 9.17) is 22.1 Å². The minimum atomic E-state index is -0.329. The van der Waals surface area contributed by atoms with Crippen LogP contribution in [0.2, 0.25) is 0 Å². The number of hydrogen-bond acceptors (Lipinski definition) is 3. The molecule has 0 saturated carbocycles. The number of amides is 1. The highest BCUT2D eigenvalue weighted by Crippen LogP contribution is 2.26. The van der Waals surface area contributed by atoms with Gasteiger partial charge in [0.2, 0.25) is 5.91 Å². The second kappa shape index (κ2) is 6.13. The molecule has 2 N–H and O–H groups in total. The average Bonchev–Trinajstić information content (AvgIpc) is 2.75. The van der Waals surface area contributed by atoms with Crippen LogP contribution < -0.4 is 10.5 Å². The predicted molar refractivity (Wildman–Crippen MR) is 79.2 cm³/mol. The van der Waals surface area contributed by atoms with E-state index in [-0.39, 0.29) is 18.4 Å². The Hall–Kier alpha value is -1.75. The highest BCUT2D eigenvalue weighted by atomic mass is 35.5. The zero-order chi connectivity index (χ0) is 14.7. The van der Waals surface area contributed by atoms with Crippen molar-refractivity contribution >= 4 is 28.5 Å². The van der Waals surface area contributed by atoms with Crippen LogP contribution in [0.5, 0.6) is 5.75 Å². The number of alkyl halides is 1. The molecule has 0 aliphatic carbocycles. The van der Waals surface area contributed by atoms with E-state index in [1.165, 1.54) is 0 Å². The highest BCUT2D eigenvalue weighted by molar-refractivity contribution is 6.17. The molecule has 0 saturated heterocycles. The molecular formula is C14H18ClN3O2. The number of nitrogens with two attached hydrogens (primary N) is 1. The largest absolute Gasteiger partial charge is 0.497 e. The summed E-state index contributed by atoms with van der Waals surface area (Å²) in [6.45, 7) is 1.95. The summed E-state index contributed by atoms with van der Waals surface area (Å²) in [5.41, 5.74) is 7.09. The van der Waals surface area contributed by atoms with Gasteiger partial charge in [0.05, 0.1) is 18.1 Å². The smallest absolute Gasteiger partial charge is 0.219 e. The monoisotopic (exact) mass is 295 g/mol. The van der Waals surface area contributed by atoms with Gasteiger partial charge in [-0.25, -0.2) is 4.98 Å². The minimum absolute atomic E-state index is 0.0517. The first-order chi connectivity index (χ1) is 9.56. The summed E-state index contributed by atoms with van der Waals surface area (Å²) in [7, 11) is 1.62. The summed E-state index contributed by atoms with van der Waals surface area (Å²) in [4.78, 5) is 15.7. The number of methoxy groups -OCH3 is 1. The summed E-state index contributed by atoms with van der Waals surface area (Å²) in [6.07, 6.45) is 0.911. The molecule has 0 aliphatic rings. The predicted octanol–water partition coefficient (Wildman–Crippen LogP) is 2.26. The van der Waals surface area contributed by atoms with Gasteiger partial charge in [-0.3, -0.25) is 4.79 Å². The van der Waals surface area contributed by atoms with Gasteiger partial charge in [0.25, 0.3) is 0 Å². The molecule has 0 aliphatic heterocycles. The third kappa shape index (κ3) is 2.88. The fraction of sp³-hybridized carbons (Fsp3) is 0.429. The number of nitrogens with zero attached hydrogens (tertiary/aromatic N) is 2. The molecule has 0 fully saturated rings. The van der Waals surface area contributed by atoms with Gasteiger partial charge < -0.3 is 15.0 Å². The molecule has 0 radical (unpaired) electrons. The molecule has 1 heterocycles. The van der Waals surface area contributed by atoms with Crippen molar-refractivity contribution in [1.29, 1.82) is 0 Å². The molecule has 2 rings (SSSR count). The molecule has 0 spiro atoms. The molecule has 1 aromatic heterocycles. The number of aromatic nitrogens is 2. The van der Waals surface area contributed by atoms with Crippen LogP contribution in [0.1, 0.15) is 25.2 Å². The molecular weight excluding hydrogens is 278 g/mol. The molecule has 6 heteroatoms. The van der Waals surface area contributed by atoms with E-state index >= 15 is 0 Å². The van der Waals surface area contributed by atoms with Crippen LogP contribution in [0.25, 0.3) is 11.0 Å². The number of hydrogen-bond donors (Lipinski definition) is 1. The van der Waals surface area contributed by atoms with Crippen LogP contribution >= 0.6 is 11.6 Å². The number of aryl methyl sites for hydroxylation is 1. The number of benzene rings is 1. The van der Waals surface area contributed by atoms with Crippen molar-refractivity contribution in [1.82, 2.24) is 9.55 Å². The fourth-order valence-electron chi connectivity index (χ4n) is 2.39. The number of primary amides is 1. The number of rotatable bonds is 6. The third-order valence-electron chi connectivity index (χ3n) is 3.23. The van der Waals surface area contributed by atoms with Gasteiger partial charge in [-0.15, -0.1) is 11.6 Å².